The molecular weight excluding hydrogens is 522 g/mol. The maximum absolute atomic E-state index is 16.6. The van der Waals surface area contributed by atoms with Crippen molar-refractivity contribution in [2.75, 3.05) is 37.7 Å². The topological polar surface area (TPSA) is 69.3 Å². The first-order valence-electron chi connectivity index (χ1n) is 15.1. The summed E-state index contributed by atoms with van der Waals surface area (Å²) in [7, 11) is 0. The van der Waals surface area contributed by atoms with E-state index >= 15 is 4.39 Å². The molecule has 0 amide bonds. The normalized spacial score (nSPS) is 27.8. The number of nitrogens with one attached hydrogen (secondary N) is 2. The molecule has 4 saturated heterocycles. The van der Waals surface area contributed by atoms with Crippen LogP contribution in [0, 0.1) is 5.82 Å². The molecule has 4 atom stereocenters. The van der Waals surface area contributed by atoms with E-state index in [1.165, 1.54) is 5.56 Å². The van der Waals surface area contributed by atoms with E-state index in [4.69, 9.17) is 14.7 Å². The Bertz CT molecular complexity index is 1630. The van der Waals surface area contributed by atoms with Crippen LogP contribution in [0.1, 0.15) is 44.6 Å². The SMILES string of the molecule is CCc1cccc2[nH]cc(-c3ccc4c(N5C[C@H]6CC[C@@H](C5)N6)nc(OC[C@@]56CCCN5C[C@H](F)C6)nc4c3F)c12. The monoisotopic (exact) mass is 558 g/mol. The van der Waals surface area contributed by atoms with Gasteiger partial charge in [-0.25, -0.2) is 8.78 Å². The molecule has 6 heterocycles. The van der Waals surface area contributed by atoms with Crippen molar-refractivity contribution in [1.82, 2.24) is 25.2 Å². The summed E-state index contributed by atoms with van der Waals surface area (Å²) >= 11 is 0. The van der Waals surface area contributed by atoms with E-state index < -0.39 is 6.17 Å². The van der Waals surface area contributed by atoms with Gasteiger partial charge in [0, 0.05) is 71.8 Å². The summed E-state index contributed by atoms with van der Waals surface area (Å²) < 4.78 is 37.4. The van der Waals surface area contributed by atoms with E-state index in [2.05, 4.69) is 33.1 Å². The minimum Gasteiger partial charge on any atom is -0.461 e. The minimum absolute atomic E-state index is 0.172. The maximum atomic E-state index is 16.6. The second-order valence-electron chi connectivity index (χ2n) is 12.5. The zero-order valence-electron chi connectivity index (χ0n) is 23.4. The number of aromatic nitrogens is 3. The van der Waals surface area contributed by atoms with Crippen molar-refractivity contribution < 1.29 is 13.5 Å². The first kappa shape index (κ1) is 25.4. The number of fused-ring (bicyclic) bond motifs is 5. The number of rotatable bonds is 6. The lowest BCUT2D eigenvalue weighted by Crippen LogP contribution is -2.51. The molecule has 7 nitrogen and oxygen atoms in total. The predicted octanol–water partition coefficient (Wildman–Crippen LogP) is 5.38. The predicted molar refractivity (Wildman–Crippen MR) is 157 cm³/mol. The fourth-order valence-corrected chi connectivity index (χ4v) is 8.02. The van der Waals surface area contributed by atoms with E-state index in [0.29, 0.717) is 42.6 Å². The fourth-order valence-electron chi connectivity index (χ4n) is 8.02. The van der Waals surface area contributed by atoms with E-state index in [1.54, 1.807) is 0 Å². The van der Waals surface area contributed by atoms with Crippen LogP contribution in [0.15, 0.2) is 36.5 Å². The molecule has 2 bridgehead atoms. The molecule has 9 heteroatoms. The van der Waals surface area contributed by atoms with Gasteiger partial charge >= 0.3 is 6.01 Å². The molecule has 214 valence electrons. The average Bonchev–Trinajstić information content (AvgIpc) is 3.74. The molecule has 4 aliphatic heterocycles. The van der Waals surface area contributed by atoms with Crippen molar-refractivity contribution in [3.63, 3.8) is 0 Å². The largest absolute Gasteiger partial charge is 0.461 e. The lowest BCUT2D eigenvalue weighted by molar-refractivity contribution is 0.107. The Morgan fingerprint density at radius 2 is 1.93 bits per heavy atom. The highest BCUT2D eigenvalue weighted by atomic mass is 19.1. The molecule has 0 unspecified atom stereocenters. The smallest absolute Gasteiger partial charge is 0.319 e. The van der Waals surface area contributed by atoms with Gasteiger partial charge in [0.05, 0.1) is 5.54 Å². The Morgan fingerprint density at radius 1 is 1.07 bits per heavy atom. The van der Waals surface area contributed by atoms with E-state index in [0.717, 1.165) is 74.0 Å². The van der Waals surface area contributed by atoms with Crippen LogP contribution in [0.4, 0.5) is 14.6 Å². The number of hydrogen-bond donors (Lipinski definition) is 2. The summed E-state index contributed by atoms with van der Waals surface area (Å²) in [4.78, 5) is 17.4. The number of anilines is 1. The third kappa shape index (κ3) is 4.11. The van der Waals surface area contributed by atoms with Gasteiger partial charge in [0.15, 0.2) is 5.82 Å². The first-order valence-corrected chi connectivity index (χ1v) is 15.1. The van der Waals surface area contributed by atoms with Gasteiger partial charge in [0.25, 0.3) is 0 Å². The second kappa shape index (κ2) is 9.63. The van der Waals surface area contributed by atoms with Crippen molar-refractivity contribution in [2.24, 2.45) is 0 Å². The number of hydrogen-bond acceptors (Lipinski definition) is 6. The number of piperazine rings is 1. The highest BCUT2D eigenvalue weighted by Gasteiger charge is 2.49. The molecule has 8 rings (SSSR count). The number of ether oxygens (including phenoxy) is 1. The summed E-state index contributed by atoms with van der Waals surface area (Å²) in [6, 6.07) is 11.0. The van der Waals surface area contributed by atoms with Crippen molar-refractivity contribution >= 4 is 27.6 Å². The number of halogens is 2. The highest BCUT2D eigenvalue weighted by Crippen LogP contribution is 2.41. The average molecular weight is 559 g/mol. The minimum atomic E-state index is -0.840. The molecule has 2 aromatic carbocycles. The third-order valence-corrected chi connectivity index (χ3v) is 9.98. The molecule has 2 aromatic heterocycles. The van der Waals surface area contributed by atoms with Crippen LogP contribution in [-0.2, 0) is 6.42 Å². The van der Waals surface area contributed by atoms with E-state index in [9.17, 15) is 4.39 Å². The molecular formula is C32H36F2N6O. The quantitative estimate of drug-likeness (QED) is 0.332. The number of aromatic amines is 1. The Kier molecular flexibility index (Phi) is 5.97. The first-order chi connectivity index (χ1) is 20.0. The summed E-state index contributed by atoms with van der Waals surface area (Å²) in [5.41, 5.74) is 3.45. The van der Waals surface area contributed by atoms with Gasteiger partial charge in [-0.2, -0.15) is 9.97 Å². The van der Waals surface area contributed by atoms with Gasteiger partial charge in [0.2, 0.25) is 0 Å². The number of benzene rings is 2. The van der Waals surface area contributed by atoms with Crippen LogP contribution in [0.2, 0.25) is 0 Å². The standard InChI is InChI=1S/C32H36F2N6O/c1-2-19-5-3-6-26-27(19)25(14-35-26)23-9-10-24-29(28(23)34)37-31(38-30(24)39-16-21-7-8-22(17-39)36-21)41-18-32-11-4-12-40(32)15-20(33)13-32/h3,5-6,9-10,14,20-22,35-36H,2,4,7-8,11-13,15-18H2,1H3/t20-,21-,22+,32+/m1/s1. The zero-order valence-corrected chi connectivity index (χ0v) is 23.4. The highest BCUT2D eigenvalue weighted by molar-refractivity contribution is 6.01. The molecule has 4 aliphatic rings. The zero-order chi connectivity index (χ0) is 27.7. The Hall–Kier alpha value is -3.30. The van der Waals surface area contributed by atoms with Gasteiger partial charge < -0.3 is 19.9 Å². The molecule has 4 fully saturated rings. The molecule has 0 saturated carbocycles. The van der Waals surface area contributed by atoms with Crippen LogP contribution in [0.5, 0.6) is 6.01 Å². The summed E-state index contributed by atoms with van der Waals surface area (Å²) in [6.45, 7) is 5.41. The Morgan fingerprint density at radius 3 is 2.76 bits per heavy atom. The molecule has 0 radical (unpaired) electrons. The van der Waals surface area contributed by atoms with Crippen LogP contribution < -0.4 is 15.0 Å². The van der Waals surface area contributed by atoms with Gasteiger partial charge in [-0.15, -0.1) is 0 Å². The van der Waals surface area contributed by atoms with Crippen LogP contribution in [0.25, 0.3) is 32.9 Å². The summed E-state index contributed by atoms with van der Waals surface area (Å²) in [6.07, 6.45) is 6.57. The molecule has 0 aliphatic carbocycles. The van der Waals surface area contributed by atoms with Gasteiger partial charge in [-0.3, -0.25) is 4.90 Å². The van der Waals surface area contributed by atoms with Crippen molar-refractivity contribution in [3.05, 3.63) is 47.9 Å². The van der Waals surface area contributed by atoms with Crippen LogP contribution in [-0.4, -0.2) is 76.4 Å². The van der Waals surface area contributed by atoms with Crippen LogP contribution in [0.3, 0.4) is 0 Å². The van der Waals surface area contributed by atoms with Crippen molar-refractivity contribution in [2.45, 2.75) is 69.2 Å². The van der Waals surface area contributed by atoms with Crippen molar-refractivity contribution in [1.29, 1.82) is 0 Å². The lowest BCUT2D eigenvalue weighted by Gasteiger charge is -2.34. The van der Waals surface area contributed by atoms with Crippen molar-refractivity contribution in [3.8, 4) is 17.1 Å². The molecule has 41 heavy (non-hydrogen) atoms. The molecule has 2 N–H and O–H groups in total. The molecule has 0 spiro atoms. The Balaban J connectivity index is 1.24. The Labute approximate surface area is 238 Å². The van der Waals surface area contributed by atoms with E-state index in [-0.39, 0.29) is 22.9 Å². The maximum Gasteiger partial charge on any atom is 0.319 e. The van der Waals surface area contributed by atoms with E-state index in [1.807, 2.05) is 30.5 Å². The van der Waals surface area contributed by atoms with Crippen LogP contribution >= 0.6 is 0 Å². The fraction of sp³-hybridized carbons (Fsp3) is 0.500. The molecule has 4 aromatic rings. The third-order valence-electron chi connectivity index (χ3n) is 9.98. The number of nitrogens with zero attached hydrogens (tertiary/aromatic N) is 4. The lowest BCUT2D eigenvalue weighted by atomic mass is 9.95. The van der Waals surface area contributed by atoms with Gasteiger partial charge in [0.1, 0.15) is 24.1 Å². The van der Waals surface area contributed by atoms with Gasteiger partial charge in [-0.1, -0.05) is 25.1 Å². The summed E-state index contributed by atoms with van der Waals surface area (Å²) in [5.74, 6) is 0.351. The van der Waals surface area contributed by atoms with Gasteiger partial charge in [-0.05, 0) is 56.3 Å². The second-order valence-corrected chi connectivity index (χ2v) is 12.5. The number of aryl methyl sites for hydroxylation is 1. The number of alkyl halides is 1. The number of H-pyrrole nitrogens is 1. The summed E-state index contributed by atoms with van der Waals surface area (Å²) in [5, 5.41) is 5.41.